The van der Waals surface area contributed by atoms with Crippen molar-refractivity contribution in [2.24, 2.45) is 0 Å². The van der Waals surface area contributed by atoms with Gasteiger partial charge in [-0.05, 0) is 0 Å². The van der Waals surface area contributed by atoms with Crippen LogP contribution in [0.25, 0.3) is 0 Å². The molecule has 34 valence electrons. The van der Waals surface area contributed by atoms with E-state index in [4.69, 9.17) is 2.85 Å². The molecule has 0 aliphatic carbocycles. The molecule has 0 rings (SSSR count). The van der Waals surface area contributed by atoms with Gasteiger partial charge in [-0.25, -0.2) is 0 Å². The van der Waals surface area contributed by atoms with Gasteiger partial charge in [0, 0.05) is 0 Å². The fourth-order valence-corrected chi connectivity index (χ4v) is 0.406. The normalized spacial score (nSPS) is 8.83. The van der Waals surface area contributed by atoms with E-state index in [1.54, 1.807) is 7.11 Å². The van der Waals surface area contributed by atoms with Gasteiger partial charge in [0.25, 0.3) is 0 Å². The summed E-state index contributed by atoms with van der Waals surface area (Å²) >= 11 is 0.876. The average molecular weight is 190 g/mol. The predicted octanol–water partition coefficient (Wildman–Crippen LogP) is -0.267. The molecule has 0 spiro atoms. The summed E-state index contributed by atoms with van der Waals surface area (Å²) in [4.78, 5) is 0. The van der Waals surface area contributed by atoms with Gasteiger partial charge >= 0.3 is 52.7 Å². The summed E-state index contributed by atoms with van der Waals surface area (Å²) in [6.07, 6.45) is 0. The molecule has 0 aromatic heterocycles. The quantitative estimate of drug-likeness (QED) is 0.570. The van der Waals surface area contributed by atoms with E-state index in [9.17, 15) is 0 Å². The maximum atomic E-state index is 4.79. The van der Waals surface area contributed by atoms with Gasteiger partial charge in [0.2, 0.25) is 0 Å². The molecule has 0 aliphatic heterocycles. The van der Waals surface area contributed by atoms with Gasteiger partial charge in [0.1, 0.15) is 0 Å². The molecule has 0 heterocycles. The Morgan fingerprint density at radius 2 is 2.17 bits per heavy atom. The fourth-order valence-electron chi connectivity index (χ4n) is 0.131. The summed E-state index contributed by atoms with van der Waals surface area (Å²) < 4.78 is 9.47. The van der Waals surface area contributed by atoms with E-state index in [1.807, 2.05) is 0 Å². The molecule has 0 N–H and O–H groups in total. The van der Waals surface area contributed by atoms with E-state index in [0.717, 1.165) is 38.0 Å². The number of ether oxygens (including phenoxy) is 1. The zero-order valence-electron chi connectivity index (χ0n) is 3.81. The van der Waals surface area contributed by atoms with Crippen LogP contribution in [0.2, 0.25) is 0 Å². The first-order valence-electron chi connectivity index (χ1n) is 1.72. The maximum absolute atomic E-state index is 4.79. The molecule has 3 heteroatoms. The zero-order valence-corrected chi connectivity index (χ0v) is 7.10. The standard InChI is InChI=1S/C3H7O2.In/c1-5-3-2-4;/h2-3H2,1H3;/q-1;+1. The van der Waals surface area contributed by atoms with E-state index in [2.05, 4.69) is 4.74 Å². The third-order valence-electron chi connectivity index (χ3n) is 0.405. The Balaban J connectivity index is 2.34. The summed E-state index contributed by atoms with van der Waals surface area (Å²) in [5.74, 6) is 0. The molecule has 0 aromatic carbocycles. The minimum absolute atomic E-state index is 0.723. The molecule has 0 unspecified atom stereocenters. The molecule has 0 saturated carbocycles. The molecule has 2 radical (unpaired) electrons. The van der Waals surface area contributed by atoms with E-state index >= 15 is 0 Å². The molecule has 2 nitrogen and oxygen atoms in total. The van der Waals surface area contributed by atoms with Gasteiger partial charge in [-0.2, -0.15) is 0 Å². The van der Waals surface area contributed by atoms with Crippen molar-refractivity contribution >= 4 is 24.8 Å². The number of hydrogen-bond acceptors (Lipinski definition) is 2. The summed E-state index contributed by atoms with van der Waals surface area (Å²) in [6.45, 7) is 1.47. The molecule has 0 bridgehead atoms. The van der Waals surface area contributed by atoms with Crippen LogP contribution in [0.5, 0.6) is 0 Å². The van der Waals surface area contributed by atoms with Gasteiger partial charge in [-0.1, -0.05) is 0 Å². The average Bonchev–Trinajstić information content (AvgIpc) is 1.61. The van der Waals surface area contributed by atoms with Crippen molar-refractivity contribution in [3.05, 3.63) is 0 Å². The van der Waals surface area contributed by atoms with Crippen LogP contribution in [0, 0.1) is 0 Å². The third-order valence-corrected chi connectivity index (χ3v) is 1.08. The van der Waals surface area contributed by atoms with Gasteiger partial charge in [-0.15, -0.1) is 0 Å². The number of hydrogen-bond donors (Lipinski definition) is 0. The zero-order chi connectivity index (χ0) is 4.83. The Hall–Kier alpha value is 0.790. The second-order valence-corrected chi connectivity index (χ2v) is 1.81. The number of rotatable bonds is 3. The Morgan fingerprint density at radius 3 is 2.33 bits per heavy atom. The first-order chi connectivity index (χ1) is 2.91. The monoisotopic (exact) mass is 190 g/mol. The van der Waals surface area contributed by atoms with Crippen LogP contribution >= 0.6 is 0 Å². The summed E-state index contributed by atoms with van der Waals surface area (Å²) in [6, 6.07) is 0. The fraction of sp³-hybridized carbons (Fsp3) is 1.00. The van der Waals surface area contributed by atoms with Crippen LogP contribution in [0.3, 0.4) is 0 Å². The van der Waals surface area contributed by atoms with Crippen molar-refractivity contribution in [3.8, 4) is 0 Å². The molecule has 0 atom stereocenters. The van der Waals surface area contributed by atoms with Crippen molar-refractivity contribution in [1.29, 1.82) is 0 Å². The van der Waals surface area contributed by atoms with Gasteiger partial charge in [0.05, 0.1) is 0 Å². The van der Waals surface area contributed by atoms with Crippen LogP contribution < -0.4 is 0 Å². The second kappa shape index (κ2) is 5.79. The predicted molar refractivity (Wildman–Crippen MR) is 23.6 cm³/mol. The molecular weight excluding hydrogens is 183 g/mol. The van der Waals surface area contributed by atoms with Gasteiger partial charge < -0.3 is 0 Å². The Morgan fingerprint density at radius 1 is 1.50 bits per heavy atom. The second-order valence-electron chi connectivity index (χ2n) is 0.864. The van der Waals surface area contributed by atoms with Crippen LogP contribution in [-0.2, 0) is 7.59 Å². The van der Waals surface area contributed by atoms with E-state index in [0.29, 0.717) is 0 Å². The third kappa shape index (κ3) is 4.79. The topological polar surface area (TPSA) is 18.5 Å². The Labute approximate surface area is 53.0 Å². The van der Waals surface area contributed by atoms with Crippen LogP contribution in [0.15, 0.2) is 0 Å². The van der Waals surface area contributed by atoms with E-state index in [-0.39, 0.29) is 0 Å². The van der Waals surface area contributed by atoms with Crippen molar-refractivity contribution in [2.75, 3.05) is 20.3 Å². The van der Waals surface area contributed by atoms with Crippen molar-refractivity contribution in [2.45, 2.75) is 0 Å². The SMILES string of the molecule is COCC[O][In]. The van der Waals surface area contributed by atoms with Crippen molar-refractivity contribution in [3.63, 3.8) is 0 Å². The molecule has 0 aromatic rings. The Bertz CT molecular complexity index is 20.8. The summed E-state index contributed by atoms with van der Waals surface area (Å²) in [5.41, 5.74) is 0. The Kier molecular flexibility index (Phi) is 6.55. The van der Waals surface area contributed by atoms with Gasteiger partial charge in [-0.3, -0.25) is 0 Å². The summed E-state index contributed by atoms with van der Waals surface area (Å²) in [7, 11) is 1.67. The van der Waals surface area contributed by atoms with Crippen LogP contribution in [0.1, 0.15) is 0 Å². The van der Waals surface area contributed by atoms with E-state index < -0.39 is 0 Å². The molecular formula is C3H7InO2. The minimum atomic E-state index is 0.723. The molecule has 0 saturated heterocycles. The van der Waals surface area contributed by atoms with Crippen LogP contribution in [0.4, 0.5) is 0 Å². The first-order valence-corrected chi connectivity index (χ1v) is 3.07. The number of methoxy groups -OCH3 is 1. The van der Waals surface area contributed by atoms with Crippen LogP contribution in [-0.4, -0.2) is 45.1 Å². The van der Waals surface area contributed by atoms with Crippen molar-refractivity contribution < 1.29 is 7.59 Å². The molecule has 0 aliphatic rings. The molecule has 6 heavy (non-hydrogen) atoms. The van der Waals surface area contributed by atoms with Gasteiger partial charge in [0.15, 0.2) is 0 Å². The molecule has 0 fully saturated rings. The van der Waals surface area contributed by atoms with Crippen molar-refractivity contribution in [1.82, 2.24) is 0 Å². The first kappa shape index (κ1) is 6.79. The molecule has 0 amide bonds. The van der Waals surface area contributed by atoms with E-state index in [1.165, 1.54) is 0 Å². The summed E-state index contributed by atoms with van der Waals surface area (Å²) in [5, 5.41) is 0.